The predicted molar refractivity (Wildman–Crippen MR) is 96.2 cm³/mol. The number of allylic oxidation sites excluding steroid dienone is 2. The number of fused-ring (bicyclic) bond motifs is 1. The normalized spacial score (nSPS) is 10.7. The number of hydrogen-bond acceptors (Lipinski definition) is 4. The van der Waals surface area contributed by atoms with Gasteiger partial charge in [0, 0.05) is 18.9 Å². The average molecular weight is 336 g/mol. The third-order valence-electron chi connectivity index (χ3n) is 3.61. The highest BCUT2D eigenvalue weighted by Crippen LogP contribution is 2.24. The summed E-state index contributed by atoms with van der Waals surface area (Å²) in [4.78, 5) is 3.75. The Labute approximate surface area is 145 Å². The molecule has 0 aliphatic heterocycles. The van der Waals surface area contributed by atoms with E-state index >= 15 is 0 Å². The average Bonchev–Trinajstić information content (AvgIpc) is 3.04. The van der Waals surface area contributed by atoms with Gasteiger partial charge in [-0.25, -0.2) is 4.98 Å². The first-order valence-electron chi connectivity index (χ1n) is 7.77. The van der Waals surface area contributed by atoms with E-state index in [0.717, 1.165) is 22.5 Å². The number of aromatic nitrogens is 1. The van der Waals surface area contributed by atoms with E-state index in [1.807, 2.05) is 30.3 Å². The van der Waals surface area contributed by atoms with E-state index in [1.165, 1.54) is 0 Å². The molecular formula is C20H17FN2O2. The first kappa shape index (κ1) is 16.6. The highest BCUT2D eigenvalue weighted by Gasteiger charge is 2.03. The molecule has 25 heavy (non-hydrogen) atoms. The maximum absolute atomic E-state index is 13.7. The molecule has 1 aromatic carbocycles. The number of anilines is 1. The molecule has 0 atom stereocenters. The van der Waals surface area contributed by atoms with Crippen molar-refractivity contribution in [3.8, 4) is 17.6 Å². The second-order valence-electron chi connectivity index (χ2n) is 5.28. The molecule has 3 rings (SSSR count). The lowest BCUT2D eigenvalue weighted by Gasteiger charge is -1.98. The van der Waals surface area contributed by atoms with Crippen LogP contribution in [0, 0.1) is 17.8 Å². The lowest BCUT2D eigenvalue weighted by atomic mass is 10.2. The molecule has 0 unspecified atom stereocenters. The summed E-state index contributed by atoms with van der Waals surface area (Å²) in [5, 5.41) is 3.77. The number of furan rings is 1. The summed E-state index contributed by atoms with van der Waals surface area (Å²) in [5.41, 5.74) is 1.08. The zero-order chi connectivity index (χ0) is 17.6. The number of hydrogen-bond donors (Lipinski definition) is 1. The van der Waals surface area contributed by atoms with Crippen LogP contribution in [0.3, 0.4) is 0 Å². The number of rotatable bonds is 4. The Hall–Kier alpha value is -3.26. The molecule has 0 saturated carbocycles. The number of nitrogens with zero attached hydrogens (tertiary/aromatic N) is 1. The third kappa shape index (κ3) is 3.99. The zero-order valence-corrected chi connectivity index (χ0v) is 14.0. The van der Waals surface area contributed by atoms with Gasteiger partial charge < -0.3 is 14.5 Å². The fourth-order valence-corrected chi connectivity index (χ4v) is 2.32. The lowest BCUT2D eigenvalue weighted by Crippen LogP contribution is -1.96. The van der Waals surface area contributed by atoms with Crippen molar-refractivity contribution in [1.82, 2.24) is 4.98 Å². The van der Waals surface area contributed by atoms with Gasteiger partial charge >= 0.3 is 0 Å². The van der Waals surface area contributed by atoms with Crippen molar-refractivity contribution < 1.29 is 13.5 Å². The highest BCUT2D eigenvalue weighted by molar-refractivity contribution is 5.79. The molecule has 2 aromatic heterocycles. The fourth-order valence-electron chi connectivity index (χ4n) is 2.32. The molecule has 0 aliphatic carbocycles. The van der Waals surface area contributed by atoms with Crippen LogP contribution in [0.2, 0.25) is 0 Å². The second-order valence-corrected chi connectivity index (χ2v) is 5.28. The monoisotopic (exact) mass is 336 g/mol. The van der Waals surface area contributed by atoms with Gasteiger partial charge in [-0.15, -0.1) is 0 Å². The Bertz CT molecular complexity index is 980. The molecule has 1 N–H and O–H groups in total. The minimum Gasteiger partial charge on any atom is -0.497 e. The Morgan fingerprint density at radius 3 is 2.92 bits per heavy atom. The van der Waals surface area contributed by atoms with Gasteiger partial charge in [0.2, 0.25) is 5.95 Å². The quantitative estimate of drug-likeness (QED) is 0.574. The first-order valence-corrected chi connectivity index (χ1v) is 7.77. The summed E-state index contributed by atoms with van der Waals surface area (Å²) in [7, 11) is 3.32. The van der Waals surface area contributed by atoms with Gasteiger partial charge in [0.1, 0.15) is 22.9 Å². The smallest absolute Gasteiger partial charge is 0.230 e. The number of pyridine rings is 1. The Kier molecular flexibility index (Phi) is 5.00. The number of benzene rings is 1. The summed E-state index contributed by atoms with van der Waals surface area (Å²) < 4.78 is 24.6. The highest BCUT2D eigenvalue weighted by atomic mass is 19.1. The van der Waals surface area contributed by atoms with Gasteiger partial charge in [0.25, 0.3) is 0 Å². The largest absolute Gasteiger partial charge is 0.497 e. The van der Waals surface area contributed by atoms with Gasteiger partial charge in [-0.2, -0.15) is 4.39 Å². The minimum absolute atomic E-state index is 0.263. The van der Waals surface area contributed by atoms with Crippen molar-refractivity contribution in [3.05, 3.63) is 65.8 Å². The van der Waals surface area contributed by atoms with Gasteiger partial charge in [0.15, 0.2) is 0 Å². The van der Waals surface area contributed by atoms with Gasteiger partial charge in [-0.3, -0.25) is 0 Å². The molecule has 0 bridgehead atoms. The Balaban J connectivity index is 1.66. The zero-order valence-electron chi connectivity index (χ0n) is 14.0. The summed E-state index contributed by atoms with van der Waals surface area (Å²) >= 11 is 0. The van der Waals surface area contributed by atoms with Crippen LogP contribution >= 0.6 is 0 Å². The van der Waals surface area contributed by atoms with E-state index in [4.69, 9.17) is 9.15 Å². The third-order valence-corrected chi connectivity index (χ3v) is 3.61. The number of methoxy groups -OCH3 is 1. The second kappa shape index (κ2) is 7.54. The van der Waals surface area contributed by atoms with Crippen molar-refractivity contribution in [3.63, 3.8) is 0 Å². The minimum atomic E-state index is -0.584. The van der Waals surface area contributed by atoms with Gasteiger partial charge in [0.05, 0.1) is 12.7 Å². The summed E-state index contributed by atoms with van der Waals surface area (Å²) in [6, 6.07) is 10.9. The standard InChI is InChI=1S/C20H17FN2O2/c1-22-19-11-8-14(20(21)23-19)6-4-3-5-7-17-13-15-12-16(24-2)9-10-18(15)25-17/h3,5,8-13H,7H2,1-2H3,(H,22,23)/b5-3+. The fraction of sp³-hybridized carbons (Fsp3) is 0.150. The Morgan fingerprint density at radius 1 is 1.28 bits per heavy atom. The summed E-state index contributed by atoms with van der Waals surface area (Å²) in [6.07, 6.45) is 4.15. The van der Waals surface area contributed by atoms with E-state index in [2.05, 4.69) is 22.1 Å². The van der Waals surface area contributed by atoms with Crippen LogP contribution < -0.4 is 10.1 Å². The van der Waals surface area contributed by atoms with Gasteiger partial charge in [-0.05, 0) is 42.5 Å². The van der Waals surface area contributed by atoms with Crippen LogP contribution in [0.15, 0.2) is 53.0 Å². The lowest BCUT2D eigenvalue weighted by molar-refractivity contribution is 0.415. The topological polar surface area (TPSA) is 47.3 Å². The van der Waals surface area contributed by atoms with E-state index in [0.29, 0.717) is 12.2 Å². The van der Waals surface area contributed by atoms with Crippen LogP contribution in [0.1, 0.15) is 11.3 Å². The van der Waals surface area contributed by atoms with Crippen LogP contribution in [0.5, 0.6) is 5.75 Å². The van der Waals surface area contributed by atoms with Crippen LogP contribution in [-0.2, 0) is 6.42 Å². The van der Waals surface area contributed by atoms with Crippen molar-refractivity contribution in [1.29, 1.82) is 0 Å². The molecule has 4 nitrogen and oxygen atoms in total. The van der Waals surface area contributed by atoms with E-state index in [-0.39, 0.29) is 5.56 Å². The number of nitrogens with one attached hydrogen (secondary N) is 1. The maximum Gasteiger partial charge on any atom is 0.230 e. The maximum atomic E-state index is 13.7. The molecule has 0 saturated heterocycles. The van der Waals surface area contributed by atoms with Crippen molar-refractivity contribution in [2.75, 3.05) is 19.5 Å². The van der Waals surface area contributed by atoms with E-state index < -0.39 is 5.95 Å². The molecule has 2 heterocycles. The predicted octanol–water partition coefficient (Wildman–Crippen LogP) is 4.17. The van der Waals surface area contributed by atoms with Crippen molar-refractivity contribution in [2.24, 2.45) is 0 Å². The molecule has 0 fully saturated rings. The van der Waals surface area contributed by atoms with E-state index in [1.54, 1.807) is 32.4 Å². The molecule has 3 aromatic rings. The molecule has 0 aliphatic rings. The Morgan fingerprint density at radius 2 is 2.16 bits per heavy atom. The molecule has 0 radical (unpaired) electrons. The van der Waals surface area contributed by atoms with Crippen molar-refractivity contribution in [2.45, 2.75) is 6.42 Å². The molecular weight excluding hydrogens is 319 g/mol. The van der Waals surface area contributed by atoms with Crippen LogP contribution in [-0.4, -0.2) is 19.1 Å². The first-order chi connectivity index (χ1) is 12.2. The summed E-state index contributed by atoms with van der Waals surface area (Å²) in [5.74, 6) is 7.06. The molecule has 0 amide bonds. The van der Waals surface area contributed by atoms with Crippen LogP contribution in [0.4, 0.5) is 10.2 Å². The van der Waals surface area contributed by atoms with Crippen LogP contribution in [0.25, 0.3) is 11.0 Å². The number of halogens is 1. The van der Waals surface area contributed by atoms with Gasteiger partial charge in [-0.1, -0.05) is 17.9 Å². The molecule has 0 spiro atoms. The number of ether oxygens (including phenoxy) is 1. The summed E-state index contributed by atoms with van der Waals surface area (Å²) in [6.45, 7) is 0. The molecule has 5 heteroatoms. The molecule has 126 valence electrons. The SMILES string of the molecule is CNc1ccc(C#C/C=C/Cc2cc3cc(OC)ccc3o2)c(F)n1. The van der Waals surface area contributed by atoms with Crippen molar-refractivity contribution >= 4 is 16.8 Å². The van der Waals surface area contributed by atoms with E-state index in [9.17, 15) is 4.39 Å².